The molecular weight excluding hydrogens is 446 g/mol. The lowest BCUT2D eigenvalue weighted by molar-refractivity contribution is -0.133. The third-order valence-electron chi connectivity index (χ3n) is 4.78. The van der Waals surface area contributed by atoms with Crippen molar-refractivity contribution in [1.29, 1.82) is 5.26 Å². The Morgan fingerprint density at radius 3 is 2.42 bits per heavy atom. The van der Waals surface area contributed by atoms with E-state index in [9.17, 15) is 9.59 Å². The highest BCUT2D eigenvalue weighted by Crippen LogP contribution is 2.29. The lowest BCUT2D eigenvalue weighted by atomic mass is 10.2. The maximum absolute atomic E-state index is 12.2. The summed E-state index contributed by atoms with van der Waals surface area (Å²) in [5.74, 6) is 1.05. The van der Waals surface area contributed by atoms with Gasteiger partial charge in [-0.15, -0.1) is 0 Å². The summed E-state index contributed by atoms with van der Waals surface area (Å²) in [6.07, 6.45) is 0.726. The zero-order valence-corrected chi connectivity index (χ0v) is 19.8. The van der Waals surface area contributed by atoms with Gasteiger partial charge in [0, 0.05) is 31.3 Å². The second-order valence-corrected chi connectivity index (χ2v) is 7.38. The van der Waals surface area contributed by atoms with E-state index < -0.39 is 0 Å². The van der Waals surface area contributed by atoms with E-state index in [1.807, 2.05) is 19.9 Å². The van der Waals surface area contributed by atoms with E-state index in [2.05, 4.69) is 5.32 Å². The summed E-state index contributed by atoms with van der Waals surface area (Å²) >= 11 is 6.24. The minimum absolute atomic E-state index is 0.100. The highest BCUT2D eigenvalue weighted by Gasteiger charge is 2.12. The van der Waals surface area contributed by atoms with Crippen LogP contribution in [-0.2, 0) is 9.59 Å². The molecule has 0 spiro atoms. The molecule has 0 bridgehead atoms. The first kappa shape index (κ1) is 25.8. The van der Waals surface area contributed by atoms with Crippen LogP contribution in [0.15, 0.2) is 36.4 Å². The molecule has 2 aromatic carbocycles. The topological polar surface area (TPSA) is 101 Å². The lowest BCUT2D eigenvalue weighted by Gasteiger charge is -2.19. The number of nitriles is 1. The van der Waals surface area contributed by atoms with Crippen LogP contribution in [0.4, 0.5) is 5.69 Å². The summed E-state index contributed by atoms with van der Waals surface area (Å²) in [6.45, 7) is 5.25. The van der Waals surface area contributed by atoms with Gasteiger partial charge in [-0.05, 0) is 50.6 Å². The molecule has 0 unspecified atom stereocenters. The molecule has 0 aliphatic rings. The van der Waals surface area contributed by atoms with Crippen LogP contribution < -0.4 is 19.5 Å². The molecule has 0 radical (unpaired) electrons. The van der Waals surface area contributed by atoms with Crippen molar-refractivity contribution < 1.29 is 23.8 Å². The van der Waals surface area contributed by atoms with Crippen LogP contribution in [0.2, 0.25) is 5.02 Å². The number of benzene rings is 2. The molecule has 0 saturated carbocycles. The third-order valence-corrected chi connectivity index (χ3v) is 5.08. The van der Waals surface area contributed by atoms with Crippen LogP contribution in [0.3, 0.4) is 0 Å². The van der Waals surface area contributed by atoms with E-state index in [4.69, 9.17) is 31.1 Å². The largest absolute Gasteiger partial charge is 0.493 e. The van der Waals surface area contributed by atoms with Crippen molar-refractivity contribution in [2.45, 2.75) is 26.7 Å². The Balaban J connectivity index is 1.79. The van der Waals surface area contributed by atoms with Gasteiger partial charge in [0.2, 0.25) is 5.91 Å². The molecule has 0 aliphatic heterocycles. The first-order chi connectivity index (χ1) is 15.9. The number of methoxy groups -OCH3 is 1. The number of likely N-dealkylation sites (N-methyl/N-ethyl adjacent to an activating group) is 1. The molecule has 0 heterocycles. The number of rotatable bonds is 12. The number of ether oxygens (including phenoxy) is 3. The maximum atomic E-state index is 12.2. The number of carbonyl (C=O) groups excluding carboxylic acids is 2. The molecule has 8 nitrogen and oxygen atoms in total. The molecule has 0 fully saturated rings. The molecule has 33 heavy (non-hydrogen) atoms. The van der Waals surface area contributed by atoms with Gasteiger partial charge >= 0.3 is 0 Å². The highest BCUT2D eigenvalue weighted by molar-refractivity contribution is 6.32. The normalized spacial score (nSPS) is 10.2. The van der Waals surface area contributed by atoms with Crippen molar-refractivity contribution in [2.75, 3.05) is 38.7 Å². The minimum atomic E-state index is -0.188. The molecule has 0 aliphatic carbocycles. The summed E-state index contributed by atoms with van der Waals surface area (Å²) in [5.41, 5.74) is 1.01. The quantitative estimate of drug-likeness (QED) is 0.462. The van der Waals surface area contributed by atoms with Crippen molar-refractivity contribution in [3.05, 3.63) is 47.0 Å². The Bertz CT molecular complexity index is 1000. The monoisotopic (exact) mass is 473 g/mol. The Labute approximate surface area is 199 Å². The van der Waals surface area contributed by atoms with Gasteiger partial charge in [0.15, 0.2) is 18.1 Å². The highest BCUT2D eigenvalue weighted by atomic mass is 35.5. The fraction of sp³-hybridized carbons (Fsp3) is 0.375. The van der Waals surface area contributed by atoms with Crippen LogP contribution >= 0.6 is 11.6 Å². The number of anilines is 1. The predicted octanol–water partition coefficient (Wildman–Crippen LogP) is 4.27. The van der Waals surface area contributed by atoms with Crippen molar-refractivity contribution in [1.82, 2.24) is 4.90 Å². The Morgan fingerprint density at radius 2 is 1.79 bits per heavy atom. The molecule has 9 heteroatoms. The van der Waals surface area contributed by atoms with Crippen molar-refractivity contribution in [2.24, 2.45) is 0 Å². The zero-order valence-electron chi connectivity index (χ0n) is 19.0. The van der Waals surface area contributed by atoms with Gasteiger partial charge in [-0.25, -0.2) is 0 Å². The zero-order chi connectivity index (χ0) is 24.2. The average molecular weight is 474 g/mol. The lowest BCUT2D eigenvalue weighted by Crippen LogP contribution is -2.34. The summed E-state index contributed by atoms with van der Waals surface area (Å²) < 4.78 is 16.4. The first-order valence-corrected chi connectivity index (χ1v) is 11.0. The fourth-order valence-electron chi connectivity index (χ4n) is 3.00. The molecule has 0 saturated heterocycles. The smallest absolute Gasteiger partial charge is 0.260 e. The Morgan fingerprint density at radius 1 is 1.06 bits per heavy atom. The van der Waals surface area contributed by atoms with E-state index in [-0.39, 0.29) is 24.8 Å². The molecule has 0 atom stereocenters. The van der Waals surface area contributed by atoms with Gasteiger partial charge in [-0.1, -0.05) is 11.6 Å². The summed E-state index contributed by atoms with van der Waals surface area (Å²) in [4.78, 5) is 26.0. The molecule has 176 valence electrons. The number of hydrogen-bond acceptors (Lipinski definition) is 6. The molecule has 0 aromatic heterocycles. The standard InChI is InChI=1S/C24H28ClN3O5/c1-4-28(5-2)24(30)16-33-20-11-9-18(14-19(20)25)27-23(29)7-6-12-32-21-10-8-17(15-26)13-22(21)31-3/h8-11,13-14H,4-7,12,16H2,1-3H3,(H,27,29). The van der Waals surface area contributed by atoms with Gasteiger partial charge < -0.3 is 24.4 Å². The van der Waals surface area contributed by atoms with E-state index in [1.165, 1.54) is 7.11 Å². The van der Waals surface area contributed by atoms with Crippen LogP contribution in [0, 0.1) is 11.3 Å². The third kappa shape index (κ3) is 7.88. The average Bonchev–Trinajstić information content (AvgIpc) is 2.82. The van der Waals surface area contributed by atoms with Crippen molar-refractivity contribution >= 4 is 29.1 Å². The van der Waals surface area contributed by atoms with E-state index >= 15 is 0 Å². The van der Waals surface area contributed by atoms with E-state index in [0.29, 0.717) is 59.6 Å². The van der Waals surface area contributed by atoms with Crippen LogP contribution in [0.25, 0.3) is 0 Å². The van der Waals surface area contributed by atoms with Crippen LogP contribution in [0.1, 0.15) is 32.3 Å². The molecule has 2 aromatic rings. The summed E-state index contributed by atoms with van der Waals surface area (Å²) in [6, 6.07) is 11.8. The predicted molar refractivity (Wildman–Crippen MR) is 126 cm³/mol. The van der Waals surface area contributed by atoms with Gasteiger partial charge in [0.1, 0.15) is 5.75 Å². The SMILES string of the molecule is CCN(CC)C(=O)COc1ccc(NC(=O)CCCOc2ccc(C#N)cc2OC)cc1Cl. The molecular formula is C24H28ClN3O5. The first-order valence-electron chi connectivity index (χ1n) is 10.6. The number of halogens is 1. The summed E-state index contributed by atoms with van der Waals surface area (Å²) in [5, 5.41) is 12.0. The second-order valence-electron chi connectivity index (χ2n) is 6.98. The van der Waals surface area contributed by atoms with Crippen molar-refractivity contribution in [3.63, 3.8) is 0 Å². The fourth-order valence-corrected chi connectivity index (χ4v) is 3.23. The minimum Gasteiger partial charge on any atom is -0.493 e. The number of nitrogens with zero attached hydrogens (tertiary/aromatic N) is 2. The van der Waals surface area contributed by atoms with Crippen LogP contribution in [-0.4, -0.2) is 50.1 Å². The number of carbonyl (C=O) groups is 2. The van der Waals surface area contributed by atoms with E-state index in [0.717, 1.165) is 0 Å². The van der Waals surface area contributed by atoms with Gasteiger partial charge in [-0.3, -0.25) is 9.59 Å². The van der Waals surface area contributed by atoms with E-state index in [1.54, 1.807) is 41.3 Å². The van der Waals surface area contributed by atoms with Crippen LogP contribution in [0.5, 0.6) is 17.2 Å². The summed E-state index contributed by atoms with van der Waals surface area (Å²) in [7, 11) is 1.50. The van der Waals surface area contributed by atoms with Gasteiger partial charge in [0.25, 0.3) is 5.91 Å². The Kier molecular flexibility index (Phi) is 10.3. The van der Waals surface area contributed by atoms with Crippen molar-refractivity contribution in [3.8, 4) is 23.3 Å². The van der Waals surface area contributed by atoms with Gasteiger partial charge in [-0.2, -0.15) is 5.26 Å². The number of amides is 2. The maximum Gasteiger partial charge on any atom is 0.260 e. The number of nitrogens with one attached hydrogen (secondary N) is 1. The second kappa shape index (κ2) is 13.2. The molecule has 2 rings (SSSR count). The number of hydrogen-bond donors (Lipinski definition) is 1. The van der Waals surface area contributed by atoms with Gasteiger partial charge in [0.05, 0.1) is 30.4 Å². The Hall–Kier alpha value is -3.44. The molecule has 1 N–H and O–H groups in total. The molecule has 2 amide bonds.